The van der Waals surface area contributed by atoms with Crippen LogP contribution in [0.4, 0.5) is 0 Å². The maximum absolute atomic E-state index is 4.46. The fraction of sp³-hybridized carbons (Fsp3) is 0.333. The molecule has 0 aliphatic rings. The molecule has 3 aromatic rings. The molecule has 0 saturated carbocycles. The SMILES string of the molecule is CC(C)(C)c1cnc(Sc2ncnc3[nH]ncc23)s1. The van der Waals surface area contributed by atoms with E-state index < -0.39 is 0 Å². The van der Waals surface area contributed by atoms with E-state index >= 15 is 0 Å². The Hall–Kier alpha value is -1.47. The maximum atomic E-state index is 4.46. The minimum Gasteiger partial charge on any atom is -0.261 e. The van der Waals surface area contributed by atoms with Gasteiger partial charge in [0, 0.05) is 11.1 Å². The Kier molecular flexibility index (Phi) is 3.02. The average Bonchev–Trinajstić information content (AvgIpc) is 2.96. The molecule has 0 bridgehead atoms. The van der Waals surface area contributed by atoms with Gasteiger partial charge in [0.15, 0.2) is 9.99 Å². The van der Waals surface area contributed by atoms with Gasteiger partial charge in [0.25, 0.3) is 0 Å². The fourth-order valence-corrected chi connectivity index (χ4v) is 3.57. The topological polar surface area (TPSA) is 67.3 Å². The summed E-state index contributed by atoms with van der Waals surface area (Å²) < 4.78 is 0.992. The minimum atomic E-state index is 0.132. The van der Waals surface area contributed by atoms with Crippen LogP contribution in [0.5, 0.6) is 0 Å². The second kappa shape index (κ2) is 4.57. The number of thiazole rings is 1. The van der Waals surface area contributed by atoms with Crippen molar-refractivity contribution in [3.63, 3.8) is 0 Å². The van der Waals surface area contributed by atoms with E-state index in [-0.39, 0.29) is 5.41 Å². The zero-order valence-electron chi connectivity index (χ0n) is 10.8. The van der Waals surface area contributed by atoms with Crippen LogP contribution in [0, 0.1) is 0 Å². The predicted molar refractivity (Wildman–Crippen MR) is 76.6 cm³/mol. The molecule has 3 heterocycles. The lowest BCUT2D eigenvalue weighted by molar-refractivity contribution is 0.602. The van der Waals surface area contributed by atoms with Crippen LogP contribution in [0.1, 0.15) is 25.6 Å². The van der Waals surface area contributed by atoms with Crippen molar-refractivity contribution in [2.45, 2.75) is 35.6 Å². The summed E-state index contributed by atoms with van der Waals surface area (Å²) in [4.78, 5) is 14.2. The van der Waals surface area contributed by atoms with E-state index in [1.165, 1.54) is 4.88 Å². The van der Waals surface area contributed by atoms with Crippen molar-refractivity contribution in [1.82, 2.24) is 25.1 Å². The van der Waals surface area contributed by atoms with E-state index in [9.17, 15) is 0 Å². The van der Waals surface area contributed by atoms with Crippen LogP contribution in [-0.2, 0) is 5.41 Å². The second-order valence-corrected chi connectivity index (χ2v) is 7.42. The summed E-state index contributed by atoms with van der Waals surface area (Å²) in [7, 11) is 0. The highest BCUT2D eigenvalue weighted by atomic mass is 32.2. The van der Waals surface area contributed by atoms with Crippen LogP contribution in [0.3, 0.4) is 0 Å². The number of aromatic amines is 1. The molecule has 3 rings (SSSR count). The standard InChI is InChI=1S/C12H13N5S2/c1-12(2,3)8-5-13-11(18-8)19-10-7-4-16-17-9(7)14-6-15-10/h4-6H,1-3H3,(H,14,15,16,17). The van der Waals surface area contributed by atoms with Crippen molar-refractivity contribution in [1.29, 1.82) is 0 Å². The molecule has 0 atom stereocenters. The summed E-state index contributed by atoms with van der Waals surface area (Å²) in [6.07, 6.45) is 5.23. The van der Waals surface area contributed by atoms with E-state index in [0.29, 0.717) is 0 Å². The Morgan fingerprint density at radius 1 is 1.16 bits per heavy atom. The molecule has 5 nitrogen and oxygen atoms in total. The highest BCUT2D eigenvalue weighted by Gasteiger charge is 2.18. The van der Waals surface area contributed by atoms with Crippen molar-refractivity contribution in [2.24, 2.45) is 0 Å². The summed E-state index contributed by atoms with van der Waals surface area (Å²) in [6.45, 7) is 6.57. The third-order valence-electron chi connectivity index (χ3n) is 2.62. The summed E-state index contributed by atoms with van der Waals surface area (Å²) in [6, 6.07) is 0. The van der Waals surface area contributed by atoms with Gasteiger partial charge in [-0.2, -0.15) is 5.10 Å². The van der Waals surface area contributed by atoms with Gasteiger partial charge in [-0.3, -0.25) is 5.10 Å². The van der Waals surface area contributed by atoms with Crippen molar-refractivity contribution in [2.75, 3.05) is 0 Å². The van der Waals surface area contributed by atoms with E-state index in [2.05, 4.69) is 45.9 Å². The molecule has 0 aromatic carbocycles. The molecule has 0 unspecified atom stereocenters. The Labute approximate surface area is 118 Å². The largest absolute Gasteiger partial charge is 0.261 e. The molecule has 0 saturated heterocycles. The fourth-order valence-electron chi connectivity index (χ4n) is 1.56. The van der Waals surface area contributed by atoms with Crippen molar-refractivity contribution in [3.8, 4) is 0 Å². The smallest absolute Gasteiger partial charge is 0.159 e. The monoisotopic (exact) mass is 291 g/mol. The van der Waals surface area contributed by atoms with Crippen LogP contribution in [0.2, 0.25) is 0 Å². The summed E-state index contributed by atoms with van der Waals surface area (Å²) in [5.74, 6) is 0. The number of hydrogen-bond acceptors (Lipinski definition) is 6. The van der Waals surface area contributed by atoms with E-state index in [0.717, 1.165) is 20.4 Å². The summed E-state index contributed by atoms with van der Waals surface area (Å²) >= 11 is 3.26. The van der Waals surface area contributed by atoms with Crippen LogP contribution in [0.25, 0.3) is 11.0 Å². The first-order valence-electron chi connectivity index (χ1n) is 5.82. The van der Waals surface area contributed by atoms with Crippen molar-refractivity contribution >= 4 is 34.1 Å². The van der Waals surface area contributed by atoms with Gasteiger partial charge < -0.3 is 0 Å². The lowest BCUT2D eigenvalue weighted by Crippen LogP contribution is -2.07. The molecule has 19 heavy (non-hydrogen) atoms. The first kappa shape index (κ1) is 12.6. The van der Waals surface area contributed by atoms with Gasteiger partial charge in [0.05, 0.1) is 11.6 Å². The molecule has 0 aliphatic heterocycles. The van der Waals surface area contributed by atoms with Crippen LogP contribution in [-0.4, -0.2) is 25.1 Å². The highest BCUT2D eigenvalue weighted by Crippen LogP contribution is 2.36. The molecular weight excluding hydrogens is 278 g/mol. The van der Waals surface area contributed by atoms with Gasteiger partial charge in [0.1, 0.15) is 11.4 Å². The molecule has 0 aliphatic carbocycles. The number of fused-ring (bicyclic) bond motifs is 1. The van der Waals surface area contributed by atoms with Gasteiger partial charge in [0.2, 0.25) is 0 Å². The summed E-state index contributed by atoms with van der Waals surface area (Å²) in [5.41, 5.74) is 0.887. The third kappa shape index (κ3) is 2.48. The van der Waals surface area contributed by atoms with Gasteiger partial charge in [-0.1, -0.05) is 20.8 Å². The number of rotatable bonds is 2. The molecule has 7 heteroatoms. The molecule has 0 fully saturated rings. The zero-order chi connectivity index (χ0) is 13.5. The lowest BCUT2D eigenvalue weighted by atomic mass is 9.96. The van der Waals surface area contributed by atoms with Crippen LogP contribution in [0.15, 0.2) is 28.1 Å². The van der Waals surface area contributed by atoms with Gasteiger partial charge >= 0.3 is 0 Å². The number of aromatic nitrogens is 5. The van der Waals surface area contributed by atoms with Gasteiger partial charge in [-0.25, -0.2) is 15.0 Å². The van der Waals surface area contributed by atoms with E-state index in [1.54, 1.807) is 35.6 Å². The Bertz CT molecular complexity index is 710. The minimum absolute atomic E-state index is 0.132. The van der Waals surface area contributed by atoms with E-state index in [4.69, 9.17) is 0 Å². The summed E-state index contributed by atoms with van der Waals surface area (Å²) in [5, 5.41) is 8.65. The number of hydrogen-bond donors (Lipinski definition) is 1. The molecular formula is C12H13N5S2. The van der Waals surface area contributed by atoms with Crippen molar-refractivity contribution < 1.29 is 0 Å². The quantitative estimate of drug-likeness (QED) is 0.734. The molecule has 3 aromatic heterocycles. The third-order valence-corrected chi connectivity index (χ3v) is 5.14. The average molecular weight is 291 g/mol. The Morgan fingerprint density at radius 3 is 2.74 bits per heavy atom. The highest BCUT2D eigenvalue weighted by molar-refractivity contribution is 8.01. The number of nitrogens with zero attached hydrogens (tertiary/aromatic N) is 4. The van der Waals surface area contributed by atoms with Crippen LogP contribution < -0.4 is 0 Å². The molecule has 1 N–H and O–H groups in total. The molecule has 0 radical (unpaired) electrons. The van der Waals surface area contributed by atoms with E-state index in [1.807, 2.05) is 6.20 Å². The van der Waals surface area contributed by atoms with Crippen LogP contribution >= 0.6 is 23.1 Å². The van der Waals surface area contributed by atoms with Crippen molar-refractivity contribution in [3.05, 3.63) is 23.6 Å². The molecule has 98 valence electrons. The maximum Gasteiger partial charge on any atom is 0.159 e. The predicted octanol–water partition coefficient (Wildman–Crippen LogP) is 3.26. The lowest BCUT2D eigenvalue weighted by Gasteiger charge is -2.14. The molecule has 0 spiro atoms. The van der Waals surface area contributed by atoms with Gasteiger partial charge in [-0.15, -0.1) is 11.3 Å². The Balaban J connectivity index is 1.93. The number of H-pyrrole nitrogens is 1. The first-order chi connectivity index (χ1) is 9.04. The zero-order valence-corrected chi connectivity index (χ0v) is 12.5. The number of nitrogens with one attached hydrogen (secondary N) is 1. The second-order valence-electron chi connectivity index (χ2n) is 5.15. The normalized spacial score (nSPS) is 12.2. The molecule has 0 amide bonds. The Morgan fingerprint density at radius 2 is 2.00 bits per heavy atom. The first-order valence-corrected chi connectivity index (χ1v) is 7.45. The van der Waals surface area contributed by atoms with Gasteiger partial charge in [-0.05, 0) is 17.2 Å².